The number of imidazole rings is 1. The Morgan fingerprint density at radius 1 is 1.09 bits per heavy atom. The van der Waals surface area contributed by atoms with Crippen LogP contribution < -0.4 is 0 Å². The minimum atomic E-state index is 0.601. The van der Waals surface area contributed by atoms with Gasteiger partial charge in [0.25, 0.3) is 0 Å². The lowest BCUT2D eigenvalue weighted by Crippen LogP contribution is -1.96. The Bertz CT molecular complexity index is 975. The number of fused-ring (bicyclic) bond motifs is 3. The summed E-state index contributed by atoms with van der Waals surface area (Å²) in [6.07, 6.45) is 5.93. The fourth-order valence-corrected chi connectivity index (χ4v) is 2.62. The minimum absolute atomic E-state index is 0.601. The summed E-state index contributed by atoms with van der Waals surface area (Å²) >= 11 is 6.09. The monoisotopic (exact) mass is 309 g/mol. The number of benzene rings is 1. The number of aromatic nitrogens is 5. The number of hydrogen-bond acceptors (Lipinski definition) is 4. The molecule has 0 saturated carbocycles. The summed E-state index contributed by atoms with van der Waals surface area (Å²) in [7, 11) is 0. The largest absolute Gasteiger partial charge is 0.340 e. The summed E-state index contributed by atoms with van der Waals surface area (Å²) in [6, 6.07) is 5.62. The van der Waals surface area contributed by atoms with Crippen LogP contribution in [0.25, 0.3) is 21.9 Å². The molecule has 1 aromatic carbocycles. The molecule has 0 aliphatic rings. The van der Waals surface area contributed by atoms with Crippen molar-refractivity contribution in [2.24, 2.45) is 0 Å². The number of rotatable bonds is 2. The molecule has 108 valence electrons. The van der Waals surface area contributed by atoms with Crippen molar-refractivity contribution in [2.45, 2.75) is 13.3 Å². The normalized spacial score (nSPS) is 11.4. The number of halogens is 1. The topological polar surface area (TPSA) is 67.3 Å². The average Bonchev–Trinajstić information content (AvgIpc) is 2.92. The Morgan fingerprint density at radius 3 is 2.82 bits per heavy atom. The van der Waals surface area contributed by atoms with E-state index in [-0.39, 0.29) is 0 Å². The van der Waals surface area contributed by atoms with Gasteiger partial charge >= 0.3 is 0 Å². The molecular formula is C16H12ClN5. The van der Waals surface area contributed by atoms with E-state index in [1.165, 1.54) is 0 Å². The van der Waals surface area contributed by atoms with Crippen LogP contribution in [0.3, 0.4) is 0 Å². The molecule has 22 heavy (non-hydrogen) atoms. The first-order valence-corrected chi connectivity index (χ1v) is 7.27. The predicted molar refractivity (Wildman–Crippen MR) is 86.0 cm³/mol. The summed E-state index contributed by atoms with van der Waals surface area (Å²) < 4.78 is 0. The second kappa shape index (κ2) is 5.03. The quantitative estimate of drug-likeness (QED) is 0.616. The van der Waals surface area contributed by atoms with E-state index in [0.717, 1.165) is 39.1 Å². The Balaban J connectivity index is 1.81. The highest BCUT2D eigenvalue weighted by Gasteiger charge is 2.09. The van der Waals surface area contributed by atoms with Gasteiger partial charge in [-0.15, -0.1) is 0 Å². The van der Waals surface area contributed by atoms with Gasteiger partial charge in [0, 0.05) is 29.2 Å². The van der Waals surface area contributed by atoms with Crippen LogP contribution in [-0.2, 0) is 6.42 Å². The fourth-order valence-electron chi connectivity index (χ4n) is 2.45. The van der Waals surface area contributed by atoms with Crippen LogP contribution in [0.1, 0.15) is 17.2 Å². The number of nitrogens with zero attached hydrogens (tertiary/aromatic N) is 4. The molecular weight excluding hydrogens is 298 g/mol. The number of nitrogens with one attached hydrogen (secondary N) is 1. The van der Waals surface area contributed by atoms with Gasteiger partial charge in [0.2, 0.25) is 0 Å². The molecule has 0 unspecified atom stereocenters. The van der Waals surface area contributed by atoms with Gasteiger partial charge in [-0.25, -0.2) is 4.98 Å². The molecule has 0 aliphatic carbocycles. The molecule has 0 fully saturated rings. The number of H-pyrrole nitrogens is 1. The summed E-state index contributed by atoms with van der Waals surface area (Å²) in [6.45, 7) is 1.92. The molecule has 4 rings (SSSR count). The molecule has 0 amide bonds. The highest BCUT2D eigenvalue weighted by molar-refractivity contribution is 6.31. The van der Waals surface area contributed by atoms with E-state index in [1.54, 1.807) is 18.6 Å². The van der Waals surface area contributed by atoms with Gasteiger partial charge in [-0.2, -0.15) is 0 Å². The zero-order valence-electron chi connectivity index (χ0n) is 11.8. The molecule has 0 aliphatic heterocycles. The molecule has 6 heteroatoms. The third kappa shape index (κ3) is 2.29. The standard InChI is InChI=1S/C16H12ClN5/c1-9-6-19-11(7-18-9)5-15-21-14-8-20-13-3-2-10(17)4-12(13)16(14)22-15/h2-4,6-8H,5H2,1H3,(H,21,22). The van der Waals surface area contributed by atoms with Crippen LogP contribution in [-0.4, -0.2) is 24.9 Å². The van der Waals surface area contributed by atoms with Gasteiger partial charge in [-0.05, 0) is 25.1 Å². The van der Waals surface area contributed by atoms with Crippen molar-refractivity contribution in [3.8, 4) is 0 Å². The number of aromatic amines is 1. The van der Waals surface area contributed by atoms with E-state index in [0.29, 0.717) is 11.4 Å². The van der Waals surface area contributed by atoms with Crippen LogP contribution >= 0.6 is 11.6 Å². The van der Waals surface area contributed by atoms with Crippen molar-refractivity contribution in [1.29, 1.82) is 0 Å². The molecule has 0 saturated heterocycles. The number of pyridine rings is 1. The van der Waals surface area contributed by atoms with Crippen LogP contribution in [0.5, 0.6) is 0 Å². The van der Waals surface area contributed by atoms with Crippen LogP contribution in [0, 0.1) is 6.92 Å². The van der Waals surface area contributed by atoms with Crippen molar-refractivity contribution in [3.63, 3.8) is 0 Å². The first-order chi connectivity index (χ1) is 10.7. The van der Waals surface area contributed by atoms with Crippen LogP contribution in [0.2, 0.25) is 5.02 Å². The zero-order chi connectivity index (χ0) is 15.1. The second-order valence-electron chi connectivity index (χ2n) is 5.19. The lowest BCUT2D eigenvalue weighted by molar-refractivity contribution is 0.950. The van der Waals surface area contributed by atoms with Crippen molar-refractivity contribution in [3.05, 3.63) is 59.0 Å². The summed E-state index contributed by atoms with van der Waals surface area (Å²) in [5.74, 6) is 0.836. The third-order valence-electron chi connectivity index (χ3n) is 3.51. The van der Waals surface area contributed by atoms with E-state index in [1.807, 2.05) is 25.1 Å². The molecule has 1 N–H and O–H groups in total. The van der Waals surface area contributed by atoms with Gasteiger partial charge < -0.3 is 4.98 Å². The highest BCUT2D eigenvalue weighted by Crippen LogP contribution is 2.25. The van der Waals surface area contributed by atoms with E-state index < -0.39 is 0 Å². The van der Waals surface area contributed by atoms with Gasteiger partial charge in [0.15, 0.2) is 0 Å². The van der Waals surface area contributed by atoms with E-state index >= 15 is 0 Å². The summed E-state index contributed by atoms with van der Waals surface area (Å²) in [5.41, 5.74) is 4.43. The molecule has 3 aromatic heterocycles. The highest BCUT2D eigenvalue weighted by atomic mass is 35.5. The lowest BCUT2D eigenvalue weighted by Gasteiger charge is -1.98. The Morgan fingerprint density at radius 2 is 2.00 bits per heavy atom. The van der Waals surface area contributed by atoms with Crippen LogP contribution in [0.15, 0.2) is 36.8 Å². The first-order valence-electron chi connectivity index (χ1n) is 6.89. The zero-order valence-corrected chi connectivity index (χ0v) is 12.6. The van der Waals surface area contributed by atoms with E-state index in [2.05, 4.69) is 24.9 Å². The summed E-state index contributed by atoms with van der Waals surface area (Å²) in [5, 5.41) is 1.62. The molecule has 0 bridgehead atoms. The van der Waals surface area contributed by atoms with Crippen molar-refractivity contribution < 1.29 is 0 Å². The molecule has 0 radical (unpaired) electrons. The molecule has 5 nitrogen and oxygen atoms in total. The molecule has 0 spiro atoms. The van der Waals surface area contributed by atoms with Gasteiger partial charge in [-0.1, -0.05) is 11.6 Å². The molecule has 4 aromatic rings. The maximum atomic E-state index is 6.09. The van der Waals surface area contributed by atoms with Crippen molar-refractivity contribution >= 4 is 33.5 Å². The first kappa shape index (κ1) is 13.2. The SMILES string of the molecule is Cc1cnc(Cc2nc3c(cnc4ccc(Cl)cc43)[nH]2)cn1. The average molecular weight is 310 g/mol. The predicted octanol–water partition coefficient (Wildman–Crippen LogP) is 3.45. The Hall–Kier alpha value is -2.53. The third-order valence-corrected chi connectivity index (χ3v) is 3.75. The maximum Gasteiger partial charge on any atom is 0.113 e. The van der Waals surface area contributed by atoms with E-state index in [4.69, 9.17) is 11.6 Å². The Labute approximate surface area is 131 Å². The maximum absolute atomic E-state index is 6.09. The lowest BCUT2D eigenvalue weighted by atomic mass is 10.2. The molecule has 0 atom stereocenters. The second-order valence-corrected chi connectivity index (χ2v) is 5.63. The van der Waals surface area contributed by atoms with Crippen molar-refractivity contribution in [2.75, 3.05) is 0 Å². The van der Waals surface area contributed by atoms with E-state index in [9.17, 15) is 0 Å². The van der Waals surface area contributed by atoms with Crippen molar-refractivity contribution in [1.82, 2.24) is 24.9 Å². The Kier molecular flexibility index (Phi) is 3.01. The number of hydrogen-bond donors (Lipinski definition) is 1. The number of aryl methyl sites for hydroxylation is 1. The van der Waals surface area contributed by atoms with Gasteiger partial charge in [0.05, 0.1) is 34.1 Å². The smallest absolute Gasteiger partial charge is 0.113 e. The molecule has 3 heterocycles. The van der Waals surface area contributed by atoms with Crippen LogP contribution in [0.4, 0.5) is 0 Å². The minimum Gasteiger partial charge on any atom is -0.340 e. The fraction of sp³-hybridized carbons (Fsp3) is 0.125. The van der Waals surface area contributed by atoms with Gasteiger partial charge in [0.1, 0.15) is 5.82 Å². The summed E-state index contributed by atoms with van der Waals surface area (Å²) in [4.78, 5) is 21.0. The van der Waals surface area contributed by atoms with Gasteiger partial charge in [-0.3, -0.25) is 15.0 Å².